The minimum atomic E-state index is -0.278. The van der Waals surface area contributed by atoms with E-state index in [1.165, 1.54) is 11.1 Å². The summed E-state index contributed by atoms with van der Waals surface area (Å²) in [5.74, 6) is 1.09. The van der Waals surface area contributed by atoms with Gasteiger partial charge in [0.25, 0.3) is 0 Å². The fraction of sp³-hybridized carbons (Fsp3) is 0.556. The highest BCUT2D eigenvalue weighted by Gasteiger charge is 2.19. The molecule has 1 aromatic carbocycles. The average molecular weight is 337 g/mol. The lowest BCUT2D eigenvalue weighted by atomic mass is 10.1. The molecule has 0 unspecified atom stereocenters. The van der Waals surface area contributed by atoms with Gasteiger partial charge in [-0.05, 0) is 40.2 Å². The molecule has 1 N–H and O–H groups in total. The minimum Gasteiger partial charge on any atom is -0.350 e. The van der Waals surface area contributed by atoms with Gasteiger partial charge >= 0.3 is 0 Å². The Morgan fingerprint density at radius 3 is 2.52 bits per heavy atom. The van der Waals surface area contributed by atoms with Crippen LogP contribution in [0.2, 0.25) is 0 Å². The van der Waals surface area contributed by atoms with E-state index in [2.05, 4.69) is 30.4 Å². The minimum absolute atomic E-state index is 0.00853. The van der Waals surface area contributed by atoms with Crippen molar-refractivity contribution in [1.29, 1.82) is 0 Å². The molecule has 0 aliphatic heterocycles. The quantitative estimate of drug-likeness (QED) is 0.833. The van der Waals surface area contributed by atoms with E-state index in [0.717, 1.165) is 5.75 Å². The van der Waals surface area contributed by atoms with Gasteiger partial charge in [-0.1, -0.05) is 29.8 Å². The van der Waals surface area contributed by atoms with Crippen molar-refractivity contribution < 1.29 is 9.59 Å². The zero-order valence-corrected chi connectivity index (χ0v) is 15.6. The third-order valence-corrected chi connectivity index (χ3v) is 4.15. The van der Waals surface area contributed by atoms with Crippen molar-refractivity contribution in [2.45, 2.75) is 45.9 Å². The molecule has 0 fully saturated rings. The van der Waals surface area contributed by atoms with Crippen LogP contribution in [0.1, 0.15) is 38.8 Å². The number of amides is 2. The largest absolute Gasteiger partial charge is 0.350 e. The van der Waals surface area contributed by atoms with Crippen LogP contribution in [0.5, 0.6) is 0 Å². The van der Waals surface area contributed by atoms with E-state index in [4.69, 9.17) is 0 Å². The number of carbonyl (C=O) groups excluding carboxylic acids is 2. The molecule has 2 amide bonds. The van der Waals surface area contributed by atoms with E-state index in [9.17, 15) is 9.59 Å². The predicted molar refractivity (Wildman–Crippen MR) is 97.5 cm³/mol. The van der Waals surface area contributed by atoms with Crippen LogP contribution in [0.25, 0.3) is 0 Å². The third kappa shape index (κ3) is 8.07. The van der Waals surface area contributed by atoms with Crippen LogP contribution in [0.15, 0.2) is 24.3 Å². The van der Waals surface area contributed by atoms with Crippen molar-refractivity contribution in [3.8, 4) is 0 Å². The van der Waals surface area contributed by atoms with E-state index < -0.39 is 0 Å². The van der Waals surface area contributed by atoms with Crippen molar-refractivity contribution in [1.82, 2.24) is 10.2 Å². The molecule has 0 aliphatic rings. The first-order valence-electron chi connectivity index (χ1n) is 7.93. The molecule has 4 nitrogen and oxygen atoms in total. The molecule has 0 saturated carbocycles. The number of hydrogen-bond donors (Lipinski definition) is 1. The first-order valence-corrected chi connectivity index (χ1v) is 9.09. The number of aryl methyl sites for hydroxylation is 1. The fourth-order valence-electron chi connectivity index (χ4n) is 2.16. The number of carbonyl (C=O) groups is 2. The highest BCUT2D eigenvalue weighted by Crippen LogP contribution is 2.14. The smallest absolute Gasteiger partial charge is 0.240 e. The average Bonchev–Trinajstić information content (AvgIpc) is 2.42. The maximum absolute atomic E-state index is 12.3. The molecule has 5 heteroatoms. The van der Waals surface area contributed by atoms with Gasteiger partial charge in [0.05, 0.1) is 12.3 Å². The summed E-state index contributed by atoms with van der Waals surface area (Å²) < 4.78 is 0. The van der Waals surface area contributed by atoms with Crippen LogP contribution in [0.3, 0.4) is 0 Å². The molecule has 0 aliphatic carbocycles. The highest BCUT2D eigenvalue weighted by molar-refractivity contribution is 7.99. The standard InChI is InChI=1S/C18H28N2O2S/c1-6-20(11-16(21)19-18(3,4)5)17(22)13-23-12-15-9-7-8-14(2)10-15/h7-10H,6,11-13H2,1-5H3,(H,19,21). The van der Waals surface area contributed by atoms with Gasteiger partial charge in [-0.15, -0.1) is 11.8 Å². The maximum atomic E-state index is 12.3. The van der Waals surface area contributed by atoms with Gasteiger partial charge in [0, 0.05) is 17.8 Å². The molecular weight excluding hydrogens is 308 g/mol. The second kappa shape index (κ2) is 8.96. The summed E-state index contributed by atoms with van der Waals surface area (Å²) in [4.78, 5) is 25.8. The second-order valence-electron chi connectivity index (χ2n) is 6.69. The lowest BCUT2D eigenvalue weighted by Crippen LogP contribution is -2.47. The Balaban J connectivity index is 2.43. The van der Waals surface area contributed by atoms with E-state index in [1.54, 1.807) is 16.7 Å². The van der Waals surface area contributed by atoms with E-state index in [1.807, 2.05) is 33.8 Å². The molecule has 128 valence electrons. The van der Waals surface area contributed by atoms with Crippen LogP contribution < -0.4 is 5.32 Å². The topological polar surface area (TPSA) is 49.4 Å². The SMILES string of the molecule is CCN(CC(=O)NC(C)(C)C)C(=O)CSCc1cccc(C)c1. The summed E-state index contributed by atoms with van der Waals surface area (Å²) in [7, 11) is 0. The Morgan fingerprint density at radius 2 is 1.96 bits per heavy atom. The molecule has 0 heterocycles. The Morgan fingerprint density at radius 1 is 1.26 bits per heavy atom. The normalized spacial score (nSPS) is 11.2. The number of benzene rings is 1. The van der Waals surface area contributed by atoms with Crippen LogP contribution in [-0.4, -0.2) is 41.1 Å². The molecule has 1 aromatic rings. The Labute approximate surface area is 144 Å². The molecular formula is C18H28N2O2S. The maximum Gasteiger partial charge on any atom is 0.240 e. The zero-order valence-electron chi connectivity index (χ0n) is 14.8. The first-order chi connectivity index (χ1) is 10.7. The van der Waals surface area contributed by atoms with E-state index in [0.29, 0.717) is 12.3 Å². The summed E-state index contributed by atoms with van der Waals surface area (Å²) >= 11 is 1.58. The van der Waals surface area contributed by atoms with Crippen LogP contribution in [0, 0.1) is 6.92 Å². The molecule has 23 heavy (non-hydrogen) atoms. The van der Waals surface area contributed by atoms with Crippen LogP contribution in [-0.2, 0) is 15.3 Å². The summed E-state index contributed by atoms with van der Waals surface area (Å²) in [6, 6.07) is 8.29. The lowest BCUT2D eigenvalue weighted by Gasteiger charge is -2.25. The molecule has 0 bridgehead atoms. The van der Waals surface area contributed by atoms with Crippen molar-refractivity contribution in [3.05, 3.63) is 35.4 Å². The van der Waals surface area contributed by atoms with Gasteiger partial charge < -0.3 is 10.2 Å². The highest BCUT2D eigenvalue weighted by atomic mass is 32.2. The number of rotatable bonds is 7. The summed E-state index contributed by atoms with van der Waals surface area (Å²) in [5.41, 5.74) is 2.17. The molecule has 1 rings (SSSR count). The number of nitrogens with zero attached hydrogens (tertiary/aromatic N) is 1. The van der Waals surface area contributed by atoms with Crippen molar-refractivity contribution in [2.75, 3.05) is 18.8 Å². The summed E-state index contributed by atoms with van der Waals surface area (Å²) in [6.07, 6.45) is 0. The van der Waals surface area contributed by atoms with Gasteiger partial charge in [0.15, 0.2) is 0 Å². The number of nitrogens with one attached hydrogen (secondary N) is 1. The van der Waals surface area contributed by atoms with E-state index >= 15 is 0 Å². The third-order valence-electron chi connectivity index (χ3n) is 3.16. The number of hydrogen-bond acceptors (Lipinski definition) is 3. The van der Waals surface area contributed by atoms with Crippen LogP contribution >= 0.6 is 11.8 Å². The zero-order chi connectivity index (χ0) is 17.5. The van der Waals surface area contributed by atoms with Gasteiger partial charge in [-0.2, -0.15) is 0 Å². The van der Waals surface area contributed by atoms with E-state index in [-0.39, 0.29) is 23.9 Å². The Kier molecular flexibility index (Phi) is 7.62. The number of thioether (sulfide) groups is 1. The summed E-state index contributed by atoms with van der Waals surface area (Å²) in [6.45, 7) is 10.4. The van der Waals surface area contributed by atoms with Crippen molar-refractivity contribution in [3.63, 3.8) is 0 Å². The van der Waals surface area contributed by atoms with Crippen LogP contribution in [0.4, 0.5) is 0 Å². The monoisotopic (exact) mass is 336 g/mol. The van der Waals surface area contributed by atoms with Crippen molar-refractivity contribution in [2.24, 2.45) is 0 Å². The molecule has 0 radical (unpaired) electrons. The fourth-order valence-corrected chi connectivity index (χ4v) is 3.03. The summed E-state index contributed by atoms with van der Waals surface area (Å²) in [5, 5.41) is 2.89. The molecule has 0 spiro atoms. The Hall–Kier alpha value is -1.49. The lowest BCUT2D eigenvalue weighted by molar-refractivity contribution is -0.134. The number of likely N-dealkylation sites (N-methyl/N-ethyl adjacent to an activating group) is 1. The van der Waals surface area contributed by atoms with Gasteiger partial charge in [0.1, 0.15) is 0 Å². The molecule has 0 atom stereocenters. The van der Waals surface area contributed by atoms with Gasteiger partial charge in [0.2, 0.25) is 11.8 Å². The van der Waals surface area contributed by atoms with Crippen molar-refractivity contribution >= 4 is 23.6 Å². The first kappa shape index (κ1) is 19.6. The molecule has 0 aromatic heterocycles. The second-order valence-corrected chi connectivity index (χ2v) is 7.67. The Bertz CT molecular complexity index is 538. The molecule has 0 saturated heterocycles. The van der Waals surface area contributed by atoms with Gasteiger partial charge in [-0.25, -0.2) is 0 Å². The van der Waals surface area contributed by atoms with Gasteiger partial charge in [-0.3, -0.25) is 9.59 Å². The predicted octanol–water partition coefficient (Wildman–Crippen LogP) is 2.99.